The zero-order valence-corrected chi connectivity index (χ0v) is 18.1. The van der Waals surface area contributed by atoms with E-state index in [0.29, 0.717) is 42.9 Å². The Bertz CT molecular complexity index is 933. The lowest BCUT2D eigenvalue weighted by atomic mass is 9.96. The van der Waals surface area contributed by atoms with Gasteiger partial charge in [0.05, 0.1) is 13.0 Å². The van der Waals surface area contributed by atoms with Crippen molar-refractivity contribution in [2.75, 3.05) is 25.5 Å². The van der Waals surface area contributed by atoms with E-state index in [9.17, 15) is 14.4 Å². The Labute approximate surface area is 182 Å². The van der Waals surface area contributed by atoms with Crippen molar-refractivity contribution in [2.45, 2.75) is 32.8 Å². The summed E-state index contributed by atoms with van der Waals surface area (Å²) in [6, 6.07) is 14.4. The van der Waals surface area contributed by atoms with Crippen LogP contribution in [0, 0.1) is 12.8 Å². The number of aryl methyl sites for hydroxylation is 1. The summed E-state index contributed by atoms with van der Waals surface area (Å²) in [6.45, 7) is 4.43. The van der Waals surface area contributed by atoms with Gasteiger partial charge in [-0.05, 0) is 62.6 Å². The average Bonchev–Trinajstić information content (AvgIpc) is 2.79. The molecule has 0 aliphatic carbocycles. The molecule has 31 heavy (non-hydrogen) atoms. The minimum atomic E-state index is -0.916. The SMILES string of the molecule is COc1ccc(NC(=O)[C@H](C)OC(=O)C2CCN(C(=O)c3ccccc3C)CC2)cc1. The second kappa shape index (κ2) is 10.1. The van der Waals surface area contributed by atoms with Crippen molar-refractivity contribution in [3.05, 3.63) is 59.7 Å². The van der Waals surface area contributed by atoms with E-state index in [1.165, 1.54) is 0 Å². The molecule has 1 aliphatic heterocycles. The smallest absolute Gasteiger partial charge is 0.309 e. The zero-order valence-electron chi connectivity index (χ0n) is 18.1. The van der Waals surface area contributed by atoms with Crippen LogP contribution >= 0.6 is 0 Å². The number of carbonyl (C=O) groups is 3. The van der Waals surface area contributed by atoms with Crippen LogP contribution in [-0.2, 0) is 14.3 Å². The lowest BCUT2D eigenvalue weighted by Crippen LogP contribution is -2.42. The lowest BCUT2D eigenvalue weighted by molar-refractivity contribution is -0.158. The fourth-order valence-corrected chi connectivity index (χ4v) is 3.54. The Hall–Kier alpha value is -3.35. The number of rotatable bonds is 6. The Morgan fingerprint density at radius 2 is 1.68 bits per heavy atom. The number of hydrogen-bond acceptors (Lipinski definition) is 5. The number of carbonyl (C=O) groups excluding carboxylic acids is 3. The number of nitrogens with zero attached hydrogens (tertiary/aromatic N) is 1. The van der Waals surface area contributed by atoms with Crippen LogP contribution in [0.3, 0.4) is 0 Å². The van der Waals surface area contributed by atoms with E-state index in [1.807, 2.05) is 31.2 Å². The lowest BCUT2D eigenvalue weighted by Gasteiger charge is -2.31. The Kier molecular flexibility index (Phi) is 7.28. The number of likely N-dealkylation sites (tertiary alicyclic amines) is 1. The summed E-state index contributed by atoms with van der Waals surface area (Å²) in [7, 11) is 1.57. The molecule has 1 aliphatic rings. The number of methoxy groups -OCH3 is 1. The molecule has 164 valence electrons. The van der Waals surface area contributed by atoms with Crippen molar-refractivity contribution >= 4 is 23.5 Å². The van der Waals surface area contributed by atoms with E-state index in [0.717, 1.165) is 5.56 Å². The molecular formula is C24H28N2O5. The van der Waals surface area contributed by atoms with Crippen LogP contribution in [0.1, 0.15) is 35.7 Å². The minimum Gasteiger partial charge on any atom is -0.497 e. The van der Waals surface area contributed by atoms with Crippen LogP contribution in [0.2, 0.25) is 0 Å². The second-order valence-corrected chi connectivity index (χ2v) is 7.68. The van der Waals surface area contributed by atoms with Crippen molar-refractivity contribution in [1.29, 1.82) is 0 Å². The van der Waals surface area contributed by atoms with Crippen LogP contribution < -0.4 is 10.1 Å². The third kappa shape index (κ3) is 5.63. The molecule has 0 aromatic heterocycles. The molecule has 1 atom stereocenters. The summed E-state index contributed by atoms with van der Waals surface area (Å²) in [5, 5.41) is 2.72. The molecule has 1 heterocycles. The number of amides is 2. The van der Waals surface area contributed by atoms with Crippen molar-refractivity contribution < 1.29 is 23.9 Å². The second-order valence-electron chi connectivity index (χ2n) is 7.68. The molecule has 7 nitrogen and oxygen atoms in total. The van der Waals surface area contributed by atoms with E-state index in [-0.39, 0.29) is 11.8 Å². The van der Waals surface area contributed by atoms with E-state index in [1.54, 1.807) is 43.2 Å². The van der Waals surface area contributed by atoms with E-state index in [2.05, 4.69) is 5.32 Å². The van der Waals surface area contributed by atoms with Crippen LogP contribution in [0.25, 0.3) is 0 Å². The maximum Gasteiger partial charge on any atom is 0.309 e. The summed E-state index contributed by atoms with van der Waals surface area (Å²) >= 11 is 0. The number of ether oxygens (including phenoxy) is 2. The van der Waals surface area contributed by atoms with Gasteiger partial charge >= 0.3 is 5.97 Å². The van der Waals surface area contributed by atoms with E-state index >= 15 is 0 Å². The highest BCUT2D eigenvalue weighted by Gasteiger charge is 2.31. The third-order valence-corrected chi connectivity index (χ3v) is 5.51. The van der Waals surface area contributed by atoms with Gasteiger partial charge in [-0.1, -0.05) is 18.2 Å². The normalized spacial score (nSPS) is 15.1. The van der Waals surface area contributed by atoms with Gasteiger partial charge < -0.3 is 19.7 Å². The van der Waals surface area contributed by atoms with Crippen molar-refractivity contribution in [3.8, 4) is 5.75 Å². The molecule has 1 N–H and O–H groups in total. The highest BCUT2D eigenvalue weighted by atomic mass is 16.5. The highest BCUT2D eigenvalue weighted by molar-refractivity contribution is 5.96. The monoisotopic (exact) mass is 424 g/mol. The van der Waals surface area contributed by atoms with E-state index < -0.39 is 18.0 Å². The zero-order chi connectivity index (χ0) is 22.4. The fourth-order valence-electron chi connectivity index (χ4n) is 3.54. The summed E-state index contributed by atoms with van der Waals surface area (Å²) in [4.78, 5) is 39.4. The molecule has 1 saturated heterocycles. The molecule has 0 saturated carbocycles. The molecule has 0 unspecified atom stereocenters. The number of benzene rings is 2. The number of anilines is 1. The number of nitrogens with one attached hydrogen (secondary N) is 1. The number of piperidine rings is 1. The standard InChI is InChI=1S/C24H28N2O5/c1-16-6-4-5-7-21(16)23(28)26-14-12-18(13-15-26)24(29)31-17(2)22(27)25-19-8-10-20(30-3)11-9-19/h4-11,17-18H,12-15H2,1-3H3,(H,25,27)/t17-/m0/s1. The maximum atomic E-state index is 12.7. The fraction of sp³-hybridized carbons (Fsp3) is 0.375. The molecule has 3 rings (SSSR count). The van der Waals surface area contributed by atoms with Gasteiger partial charge in [0.2, 0.25) is 0 Å². The maximum absolute atomic E-state index is 12.7. The first kappa shape index (κ1) is 22.3. The molecule has 0 radical (unpaired) electrons. The molecule has 7 heteroatoms. The van der Waals surface area contributed by atoms with Crippen molar-refractivity contribution in [3.63, 3.8) is 0 Å². The summed E-state index contributed by atoms with van der Waals surface area (Å²) in [6.07, 6.45) is 0.119. The average molecular weight is 424 g/mol. The molecule has 1 fully saturated rings. The number of hydrogen-bond donors (Lipinski definition) is 1. The number of esters is 1. The topological polar surface area (TPSA) is 84.9 Å². The first-order valence-corrected chi connectivity index (χ1v) is 10.4. The first-order chi connectivity index (χ1) is 14.9. The van der Waals surface area contributed by atoms with Gasteiger partial charge in [-0.2, -0.15) is 0 Å². The minimum absolute atomic E-state index is 0.0165. The molecule has 2 aromatic carbocycles. The van der Waals surface area contributed by atoms with E-state index in [4.69, 9.17) is 9.47 Å². The van der Waals surface area contributed by atoms with Crippen LogP contribution in [-0.4, -0.2) is 49.0 Å². The predicted octanol–water partition coefficient (Wildman–Crippen LogP) is 3.43. The quantitative estimate of drug-likeness (QED) is 0.718. The predicted molar refractivity (Wildman–Crippen MR) is 117 cm³/mol. The van der Waals surface area contributed by atoms with Gasteiger partial charge in [0.15, 0.2) is 6.10 Å². The van der Waals surface area contributed by atoms with Gasteiger partial charge in [0.25, 0.3) is 11.8 Å². The molecule has 2 amide bonds. The summed E-state index contributed by atoms with van der Waals surface area (Å²) < 4.78 is 10.5. The molecule has 0 spiro atoms. The Balaban J connectivity index is 1.48. The Morgan fingerprint density at radius 3 is 2.29 bits per heavy atom. The third-order valence-electron chi connectivity index (χ3n) is 5.51. The van der Waals surface area contributed by atoms with Gasteiger partial charge in [-0.25, -0.2) is 0 Å². The van der Waals surface area contributed by atoms with Crippen molar-refractivity contribution in [1.82, 2.24) is 4.90 Å². The van der Waals surface area contributed by atoms with Gasteiger partial charge in [0, 0.05) is 24.3 Å². The molecule has 0 bridgehead atoms. The first-order valence-electron chi connectivity index (χ1n) is 10.4. The Morgan fingerprint density at radius 1 is 1.03 bits per heavy atom. The van der Waals surface area contributed by atoms with Gasteiger partial charge in [-0.15, -0.1) is 0 Å². The van der Waals surface area contributed by atoms with Gasteiger partial charge in [-0.3, -0.25) is 14.4 Å². The van der Waals surface area contributed by atoms with Crippen LogP contribution in [0.5, 0.6) is 5.75 Å². The van der Waals surface area contributed by atoms with Crippen LogP contribution in [0.4, 0.5) is 5.69 Å². The molecular weight excluding hydrogens is 396 g/mol. The summed E-state index contributed by atoms with van der Waals surface area (Å²) in [5.41, 5.74) is 2.22. The van der Waals surface area contributed by atoms with Gasteiger partial charge in [0.1, 0.15) is 5.75 Å². The van der Waals surface area contributed by atoms with Crippen molar-refractivity contribution in [2.24, 2.45) is 5.92 Å². The van der Waals surface area contributed by atoms with Crippen LogP contribution in [0.15, 0.2) is 48.5 Å². The molecule has 2 aromatic rings. The highest BCUT2D eigenvalue weighted by Crippen LogP contribution is 2.22. The summed E-state index contributed by atoms with van der Waals surface area (Å²) in [5.74, 6) is -0.454. The largest absolute Gasteiger partial charge is 0.497 e.